The Bertz CT molecular complexity index is 641. The zero-order valence-corrected chi connectivity index (χ0v) is 11.9. The second-order valence-electron chi connectivity index (χ2n) is 4.12. The molecule has 0 aliphatic rings. The minimum absolute atomic E-state index is 1.18. The summed E-state index contributed by atoms with van der Waals surface area (Å²) >= 11 is 2.36. The summed E-state index contributed by atoms with van der Waals surface area (Å²) in [7, 11) is 0. The number of hydrogen-bond donors (Lipinski definition) is 1. The molecule has 2 aromatic carbocycles. The number of nitrogens with one attached hydrogen (secondary N) is 1. The van der Waals surface area contributed by atoms with E-state index < -0.39 is 0 Å². The molecule has 1 N–H and O–H groups in total. The van der Waals surface area contributed by atoms with Gasteiger partial charge in [-0.05, 0) is 33.7 Å². The van der Waals surface area contributed by atoms with Crippen molar-refractivity contribution in [1.82, 2.24) is 4.98 Å². The highest BCUT2D eigenvalue weighted by atomic mass is 127. The van der Waals surface area contributed by atoms with Gasteiger partial charge in [-0.15, -0.1) is 0 Å². The van der Waals surface area contributed by atoms with Gasteiger partial charge < -0.3 is 4.98 Å². The Morgan fingerprint density at radius 3 is 1.89 bits per heavy atom. The average molecular weight is 345 g/mol. The zero-order chi connectivity index (χ0) is 12.4. The maximum Gasteiger partial charge on any atom is 0.0857 e. The van der Waals surface area contributed by atoms with Crippen molar-refractivity contribution in [2.45, 2.75) is 0 Å². The van der Waals surface area contributed by atoms with E-state index in [1.807, 2.05) is 12.1 Å². The molecule has 1 aromatic heterocycles. The predicted molar refractivity (Wildman–Crippen MR) is 84.4 cm³/mol. The van der Waals surface area contributed by atoms with Gasteiger partial charge in [0, 0.05) is 17.3 Å². The molecular weight excluding hydrogens is 333 g/mol. The van der Waals surface area contributed by atoms with Crippen molar-refractivity contribution in [1.29, 1.82) is 0 Å². The van der Waals surface area contributed by atoms with Crippen LogP contribution in [-0.2, 0) is 0 Å². The van der Waals surface area contributed by atoms with Gasteiger partial charge >= 0.3 is 0 Å². The van der Waals surface area contributed by atoms with Crippen LogP contribution in [0.1, 0.15) is 0 Å². The molecule has 0 aliphatic heterocycles. The van der Waals surface area contributed by atoms with E-state index in [0.717, 1.165) is 0 Å². The highest BCUT2D eigenvalue weighted by molar-refractivity contribution is 14.1. The van der Waals surface area contributed by atoms with Crippen LogP contribution in [-0.4, -0.2) is 4.98 Å². The van der Waals surface area contributed by atoms with Crippen LogP contribution in [0.25, 0.3) is 22.3 Å². The van der Waals surface area contributed by atoms with Crippen LogP contribution in [0.4, 0.5) is 0 Å². The molecule has 0 fully saturated rings. The molecule has 0 aliphatic carbocycles. The van der Waals surface area contributed by atoms with Gasteiger partial charge in [0.1, 0.15) is 0 Å². The Morgan fingerprint density at radius 2 is 1.28 bits per heavy atom. The lowest BCUT2D eigenvalue weighted by Crippen LogP contribution is -1.82. The number of benzene rings is 2. The predicted octanol–water partition coefficient (Wildman–Crippen LogP) is 4.95. The molecule has 2 heteroatoms. The van der Waals surface area contributed by atoms with Gasteiger partial charge in [0.15, 0.2) is 0 Å². The third-order valence-corrected chi connectivity index (χ3v) is 3.83. The summed E-state index contributed by atoms with van der Waals surface area (Å²) in [6.07, 6.45) is 2.08. The molecule has 18 heavy (non-hydrogen) atoms. The van der Waals surface area contributed by atoms with Gasteiger partial charge in [-0.25, -0.2) is 0 Å². The number of aromatic nitrogens is 1. The quantitative estimate of drug-likeness (QED) is 0.633. The molecule has 3 rings (SSSR count). The van der Waals surface area contributed by atoms with Gasteiger partial charge in [0.2, 0.25) is 0 Å². The zero-order valence-electron chi connectivity index (χ0n) is 9.73. The number of aromatic amines is 1. The van der Waals surface area contributed by atoms with Crippen molar-refractivity contribution in [3.63, 3.8) is 0 Å². The van der Waals surface area contributed by atoms with Crippen LogP contribution in [0.2, 0.25) is 0 Å². The summed E-state index contributed by atoms with van der Waals surface area (Å²) in [5.74, 6) is 0. The fourth-order valence-corrected chi connectivity index (χ4v) is 2.89. The first-order valence-electron chi connectivity index (χ1n) is 5.84. The Morgan fingerprint density at radius 1 is 0.722 bits per heavy atom. The van der Waals surface area contributed by atoms with Crippen molar-refractivity contribution in [2.24, 2.45) is 0 Å². The van der Waals surface area contributed by atoms with Crippen LogP contribution < -0.4 is 0 Å². The standard InChI is InChI=1S/C16H12IN/c17-16-15(13-9-5-2-6-10-13)14(11-18-16)12-7-3-1-4-8-12/h1-11,18H. The van der Waals surface area contributed by atoms with Crippen molar-refractivity contribution < 1.29 is 0 Å². The van der Waals surface area contributed by atoms with Gasteiger partial charge in [0.05, 0.1) is 3.70 Å². The number of halogens is 1. The largest absolute Gasteiger partial charge is 0.356 e. The molecular formula is C16H12IN. The van der Waals surface area contributed by atoms with Crippen molar-refractivity contribution >= 4 is 22.6 Å². The normalized spacial score (nSPS) is 10.5. The lowest BCUT2D eigenvalue weighted by molar-refractivity contribution is 1.35. The number of H-pyrrole nitrogens is 1. The van der Waals surface area contributed by atoms with Crippen molar-refractivity contribution in [2.75, 3.05) is 0 Å². The summed E-state index contributed by atoms with van der Waals surface area (Å²) in [6, 6.07) is 21.0. The van der Waals surface area contributed by atoms with Gasteiger partial charge in [-0.2, -0.15) is 0 Å². The van der Waals surface area contributed by atoms with E-state index in [1.54, 1.807) is 0 Å². The van der Waals surface area contributed by atoms with Gasteiger partial charge in [0.25, 0.3) is 0 Å². The Labute approximate surface area is 120 Å². The third kappa shape index (κ3) is 2.08. The highest BCUT2D eigenvalue weighted by Gasteiger charge is 2.12. The molecule has 0 atom stereocenters. The molecule has 0 bridgehead atoms. The van der Waals surface area contributed by atoms with Crippen LogP contribution in [0.15, 0.2) is 66.9 Å². The minimum Gasteiger partial charge on any atom is -0.356 e. The van der Waals surface area contributed by atoms with Crippen LogP contribution in [0.3, 0.4) is 0 Å². The summed E-state index contributed by atoms with van der Waals surface area (Å²) in [4.78, 5) is 3.32. The fraction of sp³-hybridized carbons (Fsp3) is 0. The minimum atomic E-state index is 1.18. The Hall–Kier alpha value is -1.55. The molecule has 88 valence electrons. The molecule has 1 heterocycles. The molecule has 0 radical (unpaired) electrons. The van der Waals surface area contributed by atoms with E-state index in [4.69, 9.17) is 0 Å². The lowest BCUT2D eigenvalue weighted by Gasteiger charge is -2.05. The van der Waals surface area contributed by atoms with Gasteiger partial charge in [-0.3, -0.25) is 0 Å². The van der Waals surface area contributed by atoms with E-state index in [-0.39, 0.29) is 0 Å². The topological polar surface area (TPSA) is 15.8 Å². The number of rotatable bonds is 2. The highest BCUT2D eigenvalue weighted by Crippen LogP contribution is 2.35. The molecule has 0 unspecified atom stereocenters. The van der Waals surface area contributed by atoms with Crippen LogP contribution >= 0.6 is 22.6 Å². The van der Waals surface area contributed by atoms with E-state index >= 15 is 0 Å². The maximum atomic E-state index is 3.32. The smallest absolute Gasteiger partial charge is 0.0857 e. The number of hydrogen-bond acceptors (Lipinski definition) is 0. The molecule has 3 aromatic rings. The third-order valence-electron chi connectivity index (χ3n) is 2.98. The first-order chi connectivity index (χ1) is 8.86. The van der Waals surface area contributed by atoms with E-state index in [9.17, 15) is 0 Å². The first kappa shape index (κ1) is 11.5. The molecule has 1 nitrogen and oxygen atoms in total. The van der Waals surface area contributed by atoms with Crippen molar-refractivity contribution in [3.05, 3.63) is 70.6 Å². The van der Waals surface area contributed by atoms with Crippen molar-refractivity contribution in [3.8, 4) is 22.3 Å². The second-order valence-corrected chi connectivity index (χ2v) is 5.20. The van der Waals surface area contributed by atoms with E-state index in [2.05, 4.69) is 82.3 Å². The SMILES string of the molecule is Ic1[nH]cc(-c2ccccc2)c1-c1ccccc1. The van der Waals surface area contributed by atoms with Crippen LogP contribution in [0.5, 0.6) is 0 Å². The summed E-state index contributed by atoms with van der Waals surface area (Å²) in [5, 5.41) is 0. The lowest BCUT2D eigenvalue weighted by atomic mass is 9.99. The molecule has 0 amide bonds. The average Bonchev–Trinajstić information content (AvgIpc) is 2.83. The van der Waals surface area contributed by atoms with E-state index in [1.165, 1.54) is 26.0 Å². The molecule has 0 spiro atoms. The maximum absolute atomic E-state index is 3.32. The van der Waals surface area contributed by atoms with E-state index in [0.29, 0.717) is 0 Å². The molecule has 0 saturated heterocycles. The van der Waals surface area contributed by atoms with Gasteiger partial charge in [-0.1, -0.05) is 60.7 Å². The van der Waals surface area contributed by atoms with Crippen LogP contribution in [0, 0.1) is 3.70 Å². The Balaban J connectivity index is 2.19. The first-order valence-corrected chi connectivity index (χ1v) is 6.92. The summed E-state index contributed by atoms with van der Waals surface area (Å²) in [6.45, 7) is 0. The molecule has 0 saturated carbocycles. The summed E-state index contributed by atoms with van der Waals surface area (Å²) < 4.78 is 1.18. The fourth-order valence-electron chi connectivity index (χ4n) is 2.13. The summed E-state index contributed by atoms with van der Waals surface area (Å²) in [5.41, 5.74) is 5.03. The second kappa shape index (κ2) is 4.98. The monoisotopic (exact) mass is 345 g/mol. The Kier molecular flexibility index (Phi) is 3.19.